The Bertz CT molecular complexity index is 1220. The molecule has 0 aliphatic carbocycles. The van der Waals surface area contributed by atoms with Gasteiger partial charge in [-0.3, -0.25) is 14.5 Å². The van der Waals surface area contributed by atoms with Crippen molar-refractivity contribution in [2.75, 3.05) is 45.9 Å². The van der Waals surface area contributed by atoms with E-state index in [1.165, 1.54) is 11.1 Å². The highest BCUT2D eigenvalue weighted by Crippen LogP contribution is 2.41. The Kier molecular flexibility index (Phi) is 6.04. The molecule has 7 heteroatoms. The van der Waals surface area contributed by atoms with Crippen molar-refractivity contribution in [1.29, 1.82) is 0 Å². The number of ether oxygens (including phenoxy) is 1. The number of carbonyl (C=O) groups is 2. The number of carbonyl (C=O) groups excluding carboxylic acids is 2. The van der Waals surface area contributed by atoms with Gasteiger partial charge in [-0.25, -0.2) is 0 Å². The van der Waals surface area contributed by atoms with Gasteiger partial charge in [0, 0.05) is 49.2 Å². The second-order valence-electron chi connectivity index (χ2n) is 9.84. The molecule has 0 saturated carbocycles. The van der Waals surface area contributed by atoms with E-state index in [0.717, 1.165) is 62.3 Å². The first-order valence-electron chi connectivity index (χ1n) is 12.7. The number of nitrogens with zero attached hydrogens (tertiary/aromatic N) is 3. The van der Waals surface area contributed by atoms with Crippen molar-refractivity contribution in [2.24, 2.45) is 0 Å². The van der Waals surface area contributed by atoms with E-state index in [1.54, 1.807) is 4.90 Å². The Labute approximate surface area is 205 Å². The van der Waals surface area contributed by atoms with E-state index in [2.05, 4.69) is 46.3 Å². The maximum absolute atomic E-state index is 13.7. The lowest BCUT2D eigenvalue weighted by atomic mass is 9.87. The van der Waals surface area contributed by atoms with Crippen molar-refractivity contribution in [2.45, 2.75) is 31.3 Å². The summed E-state index contributed by atoms with van der Waals surface area (Å²) >= 11 is 0. The predicted octanol–water partition coefficient (Wildman–Crippen LogP) is 2.77. The lowest BCUT2D eigenvalue weighted by molar-refractivity contribution is -0.160. The third-order valence-electron chi connectivity index (χ3n) is 7.80. The SMILES string of the molecule is O=C1[C@@H]2Cc3c([nH]c4ccccc34)C(CCc3ccccc3)N2C(=O)CN1CCN1CCOCC1. The molecule has 2 amide bonds. The zero-order chi connectivity index (χ0) is 23.8. The van der Waals surface area contributed by atoms with Crippen LogP contribution in [0.4, 0.5) is 0 Å². The number of amides is 2. The third-order valence-corrected chi connectivity index (χ3v) is 7.80. The summed E-state index contributed by atoms with van der Waals surface area (Å²) in [5, 5.41) is 1.16. The number of para-hydroxylation sites is 1. The van der Waals surface area contributed by atoms with E-state index in [4.69, 9.17) is 4.74 Å². The van der Waals surface area contributed by atoms with Crippen LogP contribution in [0, 0.1) is 0 Å². The molecule has 35 heavy (non-hydrogen) atoms. The summed E-state index contributed by atoms with van der Waals surface area (Å²) in [5.41, 5.74) is 4.61. The van der Waals surface area contributed by atoms with E-state index in [9.17, 15) is 9.59 Å². The molecule has 2 aromatic carbocycles. The summed E-state index contributed by atoms with van der Waals surface area (Å²) in [4.78, 5) is 36.9. The number of hydrogen-bond donors (Lipinski definition) is 1. The number of morpholine rings is 1. The molecule has 7 nitrogen and oxygen atoms in total. The number of piperazine rings is 1. The van der Waals surface area contributed by atoms with Crippen LogP contribution in [0.15, 0.2) is 54.6 Å². The molecule has 1 unspecified atom stereocenters. The van der Waals surface area contributed by atoms with Crippen LogP contribution in [0.25, 0.3) is 10.9 Å². The minimum Gasteiger partial charge on any atom is -0.379 e. The summed E-state index contributed by atoms with van der Waals surface area (Å²) in [6, 6.07) is 18.1. The van der Waals surface area contributed by atoms with Crippen molar-refractivity contribution in [3.05, 3.63) is 71.4 Å². The van der Waals surface area contributed by atoms with E-state index < -0.39 is 6.04 Å². The minimum absolute atomic E-state index is 0.0546. The largest absolute Gasteiger partial charge is 0.379 e. The van der Waals surface area contributed by atoms with Crippen molar-refractivity contribution >= 4 is 22.7 Å². The molecule has 0 spiro atoms. The molecule has 3 aliphatic rings. The monoisotopic (exact) mass is 472 g/mol. The van der Waals surface area contributed by atoms with Gasteiger partial charge in [0.25, 0.3) is 0 Å². The first-order chi connectivity index (χ1) is 17.2. The third kappa shape index (κ3) is 4.23. The molecule has 2 saturated heterocycles. The van der Waals surface area contributed by atoms with Gasteiger partial charge in [-0.1, -0.05) is 48.5 Å². The Morgan fingerprint density at radius 2 is 1.71 bits per heavy atom. The molecule has 1 N–H and O–H groups in total. The van der Waals surface area contributed by atoms with E-state index >= 15 is 0 Å². The fourth-order valence-corrected chi connectivity index (χ4v) is 5.97. The molecule has 182 valence electrons. The van der Waals surface area contributed by atoms with E-state index in [1.807, 2.05) is 23.1 Å². The van der Waals surface area contributed by atoms with Crippen LogP contribution in [-0.4, -0.2) is 83.5 Å². The number of aryl methyl sites for hydroxylation is 1. The van der Waals surface area contributed by atoms with Gasteiger partial charge in [0.15, 0.2) is 0 Å². The molecular weight excluding hydrogens is 440 g/mol. The van der Waals surface area contributed by atoms with Crippen molar-refractivity contribution in [3.63, 3.8) is 0 Å². The lowest BCUT2D eigenvalue weighted by Gasteiger charge is -2.47. The van der Waals surface area contributed by atoms with Gasteiger partial charge in [-0.2, -0.15) is 0 Å². The van der Waals surface area contributed by atoms with Crippen LogP contribution >= 0.6 is 0 Å². The van der Waals surface area contributed by atoms with E-state index in [-0.39, 0.29) is 24.4 Å². The average molecular weight is 473 g/mol. The number of benzene rings is 2. The van der Waals surface area contributed by atoms with Crippen molar-refractivity contribution in [1.82, 2.24) is 19.7 Å². The fraction of sp³-hybridized carbons (Fsp3) is 0.429. The van der Waals surface area contributed by atoms with Gasteiger partial charge in [-0.05, 0) is 30.0 Å². The molecule has 1 aromatic heterocycles. The van der Waals surface area contributed by atoms with Gasteiger partial charge >= 0.3 is 0 Å². The Hall–Kier alpha value is -3.16. The minimum atomic E-state index is -0.437. The van der Waals surface area contributed by atoms with Crippen LogP contribution < -0.4 is 0 Å². The zero-order valence-corrected chi connectivity index (χ0v) is 20.0. The predicted molar refractivity (Wildman–Crippen MR) is 134 cm³/mol. The molecule has 6 rings (SSSR count). The van der Waals surface area contributed by atoms with Crippen molar-refractivity contribution < 1.29 is 14.3 Å². The molecule has 3 aliphatic heterocycles. The molecule has 3 aromatic rings. The number of fused-ring (bicyclic) bond motifs is 4. The molecule has 2 fully saturated rings. The summed E-state index contributed by atoms with van der Waals surface area (Å²) < 4.78 is 5.44. The van der Waals surface area contributed by atoms with Crippen LogP contribution in [0.1, 0.15) is 29.3 Å². The van der Waals surface area contributed by atoms with Crippen LogP contribution in [0.3, 0.4) is 0 Å². The van der Waals surface area contributed by atoms with Gasteiger partial charge in [-0.15, -0.1) is 0 Å². The Balaban J connectivity index is 1.29. The quantitative estimate of drug-likeness (QED) is 0.599. The number of nitrogens with one attached hydrogen (secondary N) is 1. The van der Waals surface area contributed by atoms with Gasteiger partial charge < -0.3 is 19.5 Å². The normalized spacial score (nSPS) is 23.0. The first kappa shape index (κ1) is 22.3. The number of H-pyrrole nitrogens is 1. The fourth-order valence-electron chi connectivity index (χ4n) is 5.97. The van der Waals surface area contributed by atoms with Gasteiger partial charge in [0.2, 0.25) is 11.8 Å². The standard InChI is InChI=1S/C28H32N4O3/c33-26-19-31(13-12-30-14-16-35-17-15-30)28(34)25-18-22-21-8-4-5-9-23(21)29-27(22)24(32(25)26)11-10-20-6-2-1-3-7-20/h1-9,24-25,29H,10-19H2/t24?,25-/m0/s1. The summed E-state index contributed by atoms with van der Waals surface area (Å²) in [6.45, 7) is 4.76. The number of rotatable bonds is 6. The average Bonchev–Trinajstić information content (AvgIpc) is 3.28. The van der Waals surface area contributed by atoms with Gasteiger partial charge in [0.1, 0.15) is 6.04 Å². The smallest absolute Gasteiger partial charge is 0.246 e. The summed E-state index contributed by atoms with van der Waals surface area (Å²) in [6.07, 6.45) is 2.21. The maximum Gasteiger partial charge on any atom is 0.246 e. The first-order valence-corrected chi connectivity index (χ1v) is 12.7. The number of hydrogen-bond acceptors (Lipinski definition) is 4. The molecule has 0 bridgehead atoms. The highest BCUT2D eigenvalue weighted by Gasteiger charge is 2.47. The summed E-state index contributed by atoms with van der Waals surface area (Å²) in [5.74, 6) is 0.137. The molecular formula is C28H32N4O3. The Morgan fingerprint density at radius 3 is 2.54 bits per heavy atom. The van der Waals surface area contributed by atoms with Gasteiger partial charge in [0.05, 0.1) is 25.8 Å². The highest BCUT2D eigenvalue weighted by atomic mass is 16.5. The van der Waals surface area contributed by atoms with Crippen LogP contribution in [-0.2, 0) is 27.2 Å². The lowest BCUT2D eigenvalue weighted by Crippen LogP contribution is -2.63. The summed E-state index contributed by atoms with van der Waals surface area (Å²) in [7, 11) is 0. The Morgan fingerprint density at radius 1 is 0.943 bits per heavy atom. The molecule has 4 heterocycles. The zero-order valence-electron chi connectivity index (χ0n) is 20.0. The second-order valence-corrected chi connectivity index (χ2v) is 9.84. The molecule has 0 radical (unpaired) electrons. The number of aromatic nitrogens is 1. The van der Waals surface area contributed by atoms with E-state index in [0.29, 0.717) is 13.0 Å². The topological polar surface area (TPSA) is 68.9 Å². The highest BCUT2D eigenvalue weighted by molar-refractivity contribution is 5.97. The molecule has 2 atom stereocenters. The maximum atomic E-state index is 13.7. The van der Waals surface area contributed by atoms with Crippen molar-refractivity contribution in [3.8, 4) is 0 Å². The van der Waals surface area contributed by atoms with Crippen LogP contribution in [0.5, 0.6) is 0 Å². The number of aromatic amines is 1. The van der Waals surface area contributed by atoms with Crippen LogP contribution in [0.2, 0.25) is 0 Å². The second kappa shape index (κ2) is 9.47.